The molecule has 9 aromatic rings. The predicted octanol–water partition coefficient (Wildman–Crippen LogP) is 12.9. The molecule has 0 saturated heterocycles. The van der Waals surface area contributed by atoms with Crippen LogP contribution in [0.2, 0.25) is 0 Å². The van der Waals surface area contributed by atoms with Gasteiger partial charge in [0.25, 0.3) is 0 Å². The maximum atomic E-state index is 5.13. The van der Waals surface area contributed by atoms with E-state index >= 15 is 0 Å². The smallest absolute Gasteiger partial charge is 0.160 e. The minimum absolute atomic E-state index is 0.726. The molecule has 1 aliphatic rings. The predicted molar refractivity (Wildman–Crippen MR) is 225 cm³/mol. The number of benzene rings is 7. The molecule has 0 unspecified atom stereocenters. The molecule has 0 fully saturated rings. The maximum absolute atomic E-state index is 5.13. The number of para-hydroxylation sites is 1. The van der Waals surface area contributed by atoms with Gasteiger partial charge in [0.15, 0.2) is 5.82 Å². The second-order valence-corrected chi connectivity index (χ2v) is 13.8. The molecule has 0 radical (unpaired) electrons. The van der Waals surface area contributed by atoms with E-state index in [1.807, 2.05) is 24.3 Å². The van der Waals surface area contributed by atoms with Crippen LogP contribution in [-0.4, -0.2) is 14.5 Å². The van der Waals surface area contributed by atoms with E-state index in [1.54, 1.807) is 0 Å². The molecular weight excluding hydrogens is 655 g/mol. The van der Waals surface area contributed by atoms with Crippen LogP contribution in [0, 0.1) is 0 Å². The Bertz CT molecular complexity index is 2900. The van der Waals surface area contributed by atoms with Crippen molar-refractivity contribution >= 4 is 33.5 Å². The van der Waals surface area contributed by atoms with Crippen LogP contribution in [0.5, 0.6) is 0 Å². The van der Waals surface area contributed by atoms with E-state index in [2.05, 4.69) is 175 Å². The second-order valence-electron chi connectivity index (χ2n) is 13.8. The van der Waals surface area contributed by atoms with Gasteiger partial charge in [0.2, 0.25) is 0 Å². The number of hydrogen-bond donors (Lipinski definition) is 0. The van der Waals surface area contributed by atoms with Crippen LogP contribution >= 0.6 is 0 Å². The first kappa shape index (κ1) is 31.6. The standard InChI is InChI=1S/C51H35N3/c1-34-41-21-9-8-15-36(41)20-14-25-45-43-23-12-13-26-48(43)54(50(45)44-24-11-10-22-42(34)44)40-30-27-35(28-31-40)39-29-32-47-46(33-39)49(37-16-4-2-5-17-37)53-51(52-47)38-18-6-3-7-19-38/h2-24,26-33H,1,25H2/b20-14-. The minimum Gasteiger partial charge on any atom is -0.309 e. The average molecular weight is 690 g/mol. The SMILES string of the molecule is C=C1c2ccccc2/C=C\Cc2c(n(-c3ccc(-c4ccc5nc(-c6ccccc6)nc(-c6ccccc6)c5c4)cc3)c3ccccc23)-c2ccccc21. The molecule has 3 nitrogen and oxygen atoms in total. The van der Waals surface area contributed by atoms with E-state index in [4.69, 9.17) is 9.97 Å². The number of allylic oxidation sites excluding steroid dienone is 1. The molecule has 3 heteroatoms. The molecule has 0 amide bonds. The van der Waals surface area contributed by atoms with Crippen LogP contribution in [0.15, 0.2) is 189 Å². The summed E-state index contributed by atoms with van der Waals surface area (Å²) in [6.45, 7) is 4.66. The normalized spacial score (nSPS) is 12.9. The molecular formula is C51H35N3. The van der Waals surface area contributed by atoms with Crippen molar-refractivity contribution in [1.82, 2.24) is 14.5 Å². The van der Waals surface area contributed by atoms with Crippen LogP contribution in [0.3, 0.4) is 0 Å². The topological polar surface area (TPSA) is 30.7 Å². The third-order valence-corrected chi connectivity index (χ3v) is 10.6. The molecule has 0 spiro atoms. The third kappa shape index (κ3) is 5.37. The van der Waals surface area contributed by atoms with Crippen LogP contribution in [0.25, 0.3) is 84.2 Å². The molecule has 7 aromatic carbocycles. The highest BCUT2D eigenvalue weighted by molar-refractivity contribution is 5.99. The van der Waals surface area contributed by atoms with Crippen molar-refractivity contribution in [1.29, 1.82) is 0 Å². The van der Waals surface area contributed by atoms with Gasteiger partial charge in [0.1, 0.15) is 0 Å². The van der Waals surface area contributed by atoms with Gasteiger partial charge in [0, 0.05) is 33.2 Å². The van der Waals surface area contributed by atoms with Crippen molar-refractivity contribution in [3.05, 3.63) is 211 Å². The van der Waals surface area contributed by atoms with Crippen molar-refractivity contribution < 1.29 is 0 Å². The van der Waals surface area contributed by atoms with Gasteiger partial charge in [-0.2, -0.15) is 0 Å². The van der Waals surface area contributed by atoms with Crippen LogP contribution < -0.4 is 0 Å². The van der Waals surface area contributed by atoms with Gasteiger partial charge in [-0.1, -0.05) is 164 Å². The fourth-order valence-electron chi connectivity index (χ4n) is 8.03. The Labute approximate surface area is 314 Å². The lowest BCUT2D eigenvalue weighted by Gasteiger charge is -2.19. The summed E-state index contributed by atoms with van der Waals surface area (Å²) < 4.78 is 2.44. The highest BCUT2D eigenvalue weighted by Crippen LogP contribution is 2.42. The van der Waals surface area contributed by atoms with Gasteiger partial charge in [0.05, 0.1) is 22.4 Å². The molecule has 1 aliphatic carbocycles. The third-order valence-electron chi connectivity index (χ3n) is 10.6. The van der Waals surface area contributed by atoms with Crippen LogP contribution in [-0.2, 0) is 6.42 Å². The van der Waals surface area contributed by atoms with Gasteiger partial charge in [-0.05, 0) is 75.7 Å². The fraction of sp³-hybridized carbons (Fsp3) is 0.0196. The van der Waals surface area contributed by atoms with Gasteiger partial charge in [-0.25, -0.2) is 9.97 Å². The Morgan fingerprint density at radius 1 is 0.500 bits per heavy atom. The number of rotatable bonds is 4. The Hall–Kier alpha value is -7.10. The van der Waals surface area contributed by atoms with Crippen molar-refractivity contribution in [2.24, 2.45) is 0 Å². The monoisotopic (exact) mass is 689 g/mol. The van der Waals surface area contributed by atoms with Crippen molar-refractivity contribution in [3.63, 3.8) is 0 Å². The molecule has 254 valence electrons. The Balaban J connectivity index is 1.12. The summed E-state index contributed by atoms with van der Waals surface area (Å²) in [7, 11) is 0. The maximum Gasteiger partial charge on any atom is 0.160 e. The van der Waals surface area contributed by atoms with Crippen LogP contribution in [0.1, 0.15) is 22.3 Å². The Morgan fingerprint density at radius 2 is 1.15 bits per heavy atom. The highest BCUT2D eigenvalue weighted by Gasteiger charge is 2.23. The van der Waals surface area contributed by atoms with E-state index in [0.717, 1.165) is 73.5 Å². The summed E-state index contributed by atoms with van der Waals surface area (Å²) in [5, 5.41) is 2.28. The summed E-state index contributed by atoms with van der Waals surface area (Å²) in [4.78, 5) is 10.2. The molecule has 0 aliphatic heterocycles. The zero-order valence-electron chi connectivity index (χ0n) is 29.7. The second kappa shape index (κ2) is 13.1. The first-order chi connectivity index (χ1) is 26.7. The lowest BCUT2D eigenvalue weighted by Crippen LogP contribution is -2.02. The molecule has 0 atom stereocenters. The zero-order valence-corrected chi connectivity index (χ0v) is 29.7. The number of aromatic nitrogens is 3. The van der Waals surface area contributed by atoms with E-state index < -0.39 is 0 Å². The van der Waals surface area contributed by atoms with E-state index in [-0.39, 0.29) is 0 Å². The van der Waals surface area contributed by atoms with Gasteiger partial charge < -0.3 is 4.57 Å². The van der Waals surface area contributed by atoms with Crippen molar-refractivity contribution in [3.8, 4) is 50.7 Å². The highest BCUT2D eigenvalue weighted by atomic mass is 15.0. The molecule has 0 saturated carbocycles. The number of fused-ring (bicyclic) bond motifs is 7. The lowest BCUT2D eigenvalue weighted by atomic mass is 9.88. The largest absolute Gasteiger partial charge is 0.309 e. The lowest BCUT2D eigenvalue weighted by molar-refractivity contribution is 1.11. The minimum atomic E-state index is 0.726. The quantitative estimate of drug-likeness (QED) is 0.184. The van der Waals surface area contributed by atoms with Gasteiger partial charge in [-0.15, -0.1) is 0 Å². The summed E-state index contributed by atoms with van der Waals surface area (Å²) in [5.74, 6) is 0.726. The number of hydrogen-bond acceptors (Lipinski definition) is 2. The zero-order chi connectivity index (χ0) is 36.0. The molecule has 54 heavy (non-hydrogen) atoms. The molecule has 2 heterocycles. The van der Waals surface area contributed by atoms with Crippen molar-refractivity contribution in [2.45, 2.75) is 6.42 Å². The molecule has 10 rings (SSSR count). The fourth-order valence-corrected chi connectivity index (χ4v) is 8.03. The van der Waals surface area contributed by atoms with Crippen LogP contribution in [0.4, 0.5) is 0 Å². The first-order valence-electron chi connectivity index (χ1n) is 18.4. The molecule has 0 bridgehead atoms. The number of nitrogens with zero attached hydrogens (tertiary/aromatic N) is 3. The van der Waals surface area contributed by atoms with E-state index in [9.17, 15) is 0 Å². The van der Waals surface area contributed by atoms with Crippen molar-refractivity contribution in [2.75, 3.05) is 0 Å². The summed E-state index contributed by atoms with van der Waals surface area (Å²) in [6.07, 6.45) is 5.36. The summed E-state index contributed by atoms with van der Waals surface area (Å²) in [5.41, 5.74) is 16.7. The van der Waals surface area contributed by atoms with Gasteiger partial charge >= 0.3 is 0 Å². The Kier molecular flexibility index (Phi) is 7.70. The summed E-state index contributed by atoms with van der Waals surface area (Å²) in [6, 6.07) is 62.2. The molecule has 0 N–H and O–H groups in total. The van der Waals surface area contributed by atoms with Gasteiger partial charge in [-0.3, -0.25) is 0 Å². The summed E-state index contributed by atoms with van der Waals surface area (Å²) >= 11 is 0. The average Bonchev–Trinajstić information content (AvgIpc) is 3.57. The Morgan fingerprint density at radius 3 is 1.94 bits per heavy atom. The van der Waals surface area contributed by atoms with E-state index in [1.165, 1.54) is 33.3 Å². The first-order valence-corrected chi connectivity index (χ1v) is 18.4. The molecule has 2 aromatic heterocycles. The van der Waals surface area contributed by atoms with E-state index in [0.29, 0.717) is 0 Å².